The molecule has 140 valence electrons. The molecule has 4 rings (SSSR count). The first-order valence-corrected chi connectivity index (χ1v) is 9.95. The summed E-state index contributed by atoms with van der Waals surface area (Å²) in [6, 6.07) is 24.2. The van der Waals surface area contributed by atoms with Gasteiger partial charge in [0.2, 0.25) is 5.69 Å². The number of nitrogens with zero attached hydrogens (tertiary/aromatic N) is 2. The number of aryl methyl sites for hydroxylation is 2. The van der Waals surface area contributed by atoms with Crippen LogP contribution >= 0.6 is 0 Å². The molecule has 2 nitrogen and oxygen atoms in total. The summed E-state index contributed by atoms with van der Waals surface area (Å²) in [6.45, 7) is 6.72. The van der Waals surface area contributed by atoms with Gasteiger partial charge in [-0.3, -0.25) is 0 Å². The second-order valence-corrected chi connectivity index (χ2v) is 7.95. The minimum atomic E-state index is 0.461. The molecule has 0 spiro atoms. The Morgan fingerprint density at radius 1 is 0.786 bits per heavy atom. The first-order chi connectivity index (χ1) is 13.5. The molecule has 0 unspecified atom stereocenters. The van der Waals surface area contributed by atoms with E-state index in [2.05, 4.69) is 117 Å². The van der Waals surface area contributed by atoms with Crippen molar-refractivity contribution in [2.75, 3.05) is 0 Å². The maximum Gasteiger partial charge on any atom is 0.285 e. The van der Waals surface area contributed by atoms with Crippen molar-refractivity contribution in [2.24, 2.45) is 14.1 Å². The number of rotatable bonds is 3. The van der Waals surface area contributed by atoms with Crippen molar-refractivity contribution in [3.05, 3.63) is 84.1 Å². The Bertz CT molecular complexity index is 1170. The Kier molecular flexibility index (Phi) is 4.72. The van der Waals surface area contributed by atoms with E-state index in [-0.39, 0.29) is 0 Å². The summed E-state index contributed by atoms with van der Waals surface area (Å²) in [5, 5.41) is 2.54. The molecule has 2 heteroatoms. The summed E-state index contributed by atoms with van der Waals surface area (Å²) in [6.07, 6.45) is 2.16. The lowest BCUT2D eigenvalue weighted by Gasteiger charge is -2.12. The van der Waals surface area contributed by atoms with Crippen LogP contribution in [0.15, 0.2) is 72.9 Å². The van der Waals surface area contributed by atoms with Gasteiger partial charge in [-0.05, 0) is 41.5 Å². The Balaban J connectivity index is 2.09. The van der Waals surface area contributed by atoms with Gasteiger partial charge in [0.25, 0.3) is 11.4 Å². The first kappa shape index (κ1) is 18.4. The largest absolute Gasteiger partial charge is 0.285 e. The average molecular weight is 369 g/mol. The minimum absolute atomic E-state index is 0.461. The van der Waals surface area contributed by atoms with Crippen molar-refractivity contribution < 1.29 is 9.13 Å². The van der Waals surface area contributed by atoms with E-state index >= 15 is 0 Å². The highest BCUT2D eigenvalue weighted by Gasteiger charge is 2.27. The van der Waals surface area contributed by atoms with E-state index in [1.165, 1.54) is 44.5 Å². The zero-order chi connectivity index (χ0) is 19.8. The molecule has 0 saturated heterocycles. The van der Waals surface area contributed by atoms with Crippen molar-refractivity contribution in [2.45, 2.75) is 26.7 Å². The number of hydrogen-bond acceptors (Lipinski definition) is 0. The Morgan fingerprint density at radius 2 is 1.46 bits per heavy atom. The third-order valence-corrected chi connectivity index (χ3v) is 5.71. The molecule has 2 aromatic heterocycles. The van der Waals surface area contributed by atoms with Crippen LogP contribution in [0.2, 0.25) is 0 Å². The van der Waals surface area contributed by atoms with Gasteiger partial charge in [0.05, 0.1) is 5.39 Å². The van der Waals surface area contributed by atoms with Gasteiger partial charge in [0.1, 0.15) is 14.1 Å². The van der Waals surface area contributed by atoms with E-state index in [9.17, 15) is 0 Å². The Morgan fingerprint density at radius 3 is 2.21 bits per heavy atom. The van der Waals surface area contributed by atoms with Gasteiger partial charge in [-0.15, -0.1) is 0 Å². The molecule has 0 bridgehead atoms. The molecular weight excluding hydrogens is 340 g/mol. The van der Waals surface area contributed by atoms with Gasteiger partial charge in [-0.1, -0.05) is 50.2 Å². The third-order valence-electron chi connectivity index (χ3n) is 5.71. The SMILES string of the molecule is Cc1ccccc1-c1cc(C(C)C)cc(-c2c3ccccc3cc[n+]2C)[n+]1C. The highest BCUT2D eigenvalue weighted by Crippen LogP contribution is 2.29. The second kappa shape index (κ2) is 7.20. The number of benzene rings is 2. The lowest BCUT2D eigenvalue weighted by Crippen LogP contribution is -2.40. The van der Waals surface area contributed by atoms with E-state index in [4.69, 9.17) is 0 Å². The van der Waals surface area contributed by atoms with Crippen LogP contribution in [0.5, 0.6) is 0 Å². The van der Waals surface area contributed by atoms with Crippen LogP contribution in [0.25, 0.3) is 33.4 Å². The maximum atomic E-state index is 2.36. The highest BCUT2D eigenvalue weighted by atomic mass is 15.0. The summed E-state index contributed by atoms with van der Waals surface area (Å²) in [5.74, 6) is 0.461. The summed E-state index contributed by atoms with van der Waals surface area (Å²) in [7, 11) is 4.32. The summed E-state index contributed by atoms with van der Waals surface area (Å²) >= 11 is 0. The number of pyridine rings is 2. The third kappa shape index (κ3) is 3.09. The monoisotopic (exact) mass is 368 g/mol. The molecule has 0 aliphatic heterocycles. The quantitative estimate of drug-likeness (QED) is 0.436. The van der Waals surface area contributed by atoms with Crippen LogP contribution in [0, 0.1) is 6.92 Å². The van der Waals surface area contributed by atoms with Crippen molar-refractivity contribution in [1.29, 1.82) is 0 Å². The molecule has 28 heavy (non-hydrogen) atoms. The van der Waals surface area contributed by atoms with Crippen LogP contribution in [0.4, 0.5) is 0 Å². The minimum Gasteiger partial charge on any atom is -0.195 e. The first-order valence-electron chi connectivity index (χ1n) is 9.95. The molecule has 0 amide bonds. The van der Waals surface area contributed by atoms with E-state index in [0.717, 1.165) is 0 Å². The van der Waals surface area contributed by atoms with Crippen LogP contribution in [0.1, 0.15) is 30.9 Å². The Hall–Kier alpha value is -3.00. The number of aromatic nitrogens is 2. The van der Waals surface area contributed by atoms with Gasteiger partial charge in [0.15, 0.2) is 6.20 Å². The molecule has 2 aromatic carbocycles. The number of fused-ring (bicyclic) bond motifs is 1. The van der Waals surface area contributed by atoms with Crippen molar-refractivity contribution in [1.82, 2.24) is 0 Å². The lowest BCUT2D eigenvalue weighted by molar-refractivity contribution is -0.684. The van der Waals surface area contributed by atoms with E-state index in [0.29, 0.717) is 5.92 Å². The van der Waals surface area contributed by atoms with Gasteiger partial charge in [0, 0.05) is 23.8 Å². The van der Waals surface area contributed by atoms with E-state index in [1.54, 1.807) is 0 Å². The molecule has 0 aliphatic rings. The van der Waals surface area contributed by atoms with E-state index < -0.39 is 0 Å². The molecular formula is C26H28N2+2. The molecule has 0 saturated carbocycles. The second-order valence-electron chi connectivity index (χ2n) is 7.95. The molecule has 0 radical (unpaired) electrons. The summed E-state index contributed by atoms with van der Waals surface area (Å²) < 4.78 is 4.58. The predicted octanol–water partition coefficient (Wildman–Crippen LogP) is 5.25. The molecule has 0 N–H and O–H groups in total. The molecule has 0 aliphatic carbocycles. The normalized spacial score (nSPS) is 11.4. The highest BCUT2D eigenvalue weighted by molar-refractivity contribution is 5.91. The zero-order valence-corrected chi connectivity index (χ0v) is 17.4. The van der Waals surface area contributed by atoms with Gasteiger partial charge >= 0.3 is 0 Å². The summed E-state index contributed by atoms with van der Waals surface area (Å²) in [5.41, 5.74) is 7.69. The number of hydrogen-bond donors (Lipinski definition) is 0. The van der Waals surface area contributed by atoms with Gasteiger partial charge in [-0.25, -0.2) is 0 Å². The fraction of sp³-hybridized carbons (Fsp3) is 0.231. The van der Waals surface area contributed by atoms with Crippen LogP contribution in [-0.2, 0) is 14.1 Å². The Labute approximate surface area is 167 Å². The molecule has 0 fully saturated rings. The zero-order valence-electron chi connectivity index (χ0n) is 17.4. The fourth-order valence-electron chi connectivity index (χ4n) is 3.99. The standard InChI is InChI=1S/C26H28N2/c1-18(2)21-16-24(22-12-8-6-10-19(22)3)28(5)25(17-21)26-23-13-9-7-11-20(23)14-15-27(26)4/h6-18H,1-5H3/q+2. The van der Waals surface area contributed by atoms with Crippen molar-refractivity contribution in [3.63, 3.8) is 0 Å². The maximum absolute atomic E-state index is 2.36. The molecule has 4 aromatic rings. The van der Waals surface area contributed by atoms with Crippen LogP contribution in [-0.4, -0.2) is 0 Å². The average Bonchev–Trinajstić information content (AvgIpc) is 2.69. The van der Waals surface area contributed by atoms with Crippen LogP contribution < -0.4 is 9.13 Å². The topological polar surface area (TPSA) is 7.76 Å². The fourth-order valence-corrected chi connectivity index (χ4v) is 3.99. The van der Waals surface area contributed by atoms with Gasteiger partial charge < -0.3 is 0 Å². The lowest BCUT2D eigenvalue weighted by atomic mass is 9.96. The van der Waals surface area contributed by atoms with Crippen LogP contribution in [0.3, 0.4) is 0 Å². The molecule has 2 heterocycles. The molecule has 0 atom stereocenters. The van der Waals surface area contributed by atoms with Crippen molar-refractivity contribution >= 4 is 10.8 Å². The van der Waals surface area contributed by atoms with Gasteiger partial charge in [-0.2, -0.15) is 9.13 Å². The smallest absolute Gasteiger partial charge is 0.195 e. The predicted molar refractivity (Wildman–Crippen MR) is 116 cm³/mol. The van der Waals surface area contributed by atoms with Crippen molar-refractivity contribution in [3.8, 4) is 22.6 Å². The van der Waals surface area contributed by atoms with E-state index in [1.807, 2.05) is 0 Å². The summed E-state index contributed by atoms with van der Waals surface area (Å²) in [4.78, 5) is 0.